The number of ether oxygens (including phenoxy) is 1. The normalized spacial score (nSPS) is 23.5. The summed E-state index contributed by atoms with van der Waals surface area (Å²) in [5.41, 5.74) is 0.820. The maximum Gasteiger partial charge on any atom is 0.225 e. The van der Waals surface area contributed by atoms with Gasteiger partial charge in [-0.15, -0.1) is 0 Å². The maximum atomic E-state index is 11.9. The number of nitrogens with one attached hydrogen (secondary N) is 1. The Bertz CT molecular complexity index is 424. The van der Waals surface area contributed by atoms with E-state index in [1.807, 2.05) is 37.3 Å². The number of para-hydroxylation sites is 1. The first kappa shape index (κ1) is 15.0. The molecule has 2 unspecified atom stereocenters. The Morgan fingerprint density at radius 2 is 2.15 bits per heavy atom. The van der Waals surface area contributed by atoms with Crippen LogP contribution in [0.3, 0.4) is 0 Å². The van der Waals surface area contributed by atoms with Crippen LogP contribution in [0.1, 0.15) is 13.3 Å². The van der Waals surface area contributed by atoms with Gasteiger partial charge in [0.25, 0.3) is 0 Å². The van der Waals surface area contributed by atoms with Crippen LogP contribution in [0.15, 0.2) is 30.3 Å². The van der Waals surface area contributed by atoms with Crippen LogP contribution in [-0.4, -0.2) is 54.4 Å². The number of nitrogens with zero attached hydrogens (tertiary/aromatic N) is 1. The molecule has 2 atom stereocenters. The minimum Gasteiger partial charge on any atom is -0.394 e. The third-order valence-corrected chi connectivity index (χ3v) is 3.32. The van der Waals surface area contributed by atoms with Crippen molar-refractivity contribution < 1.29 is 14.6 Å². The summed E-state index contributed by atoms with van der Waals surface area (Å²) in [5, 5.41) is 12.0. The lowest BCUT2D eigenvalue weighted by molar-refractivity contribution is -0.118. The molecule has 20 heavy (non-hydrogen) atoms. The smallest absolute Gasteiger partial charge is 0.225 e. The van der Waals surface area contributed by atoms with E-state index < -0.39 is 0 Å². The van der Waals surface area contributed by atoms with E-state index in [1.165, 1.54) is 0 Å². The molecule has 110 valence electrons. The molecule has 0 bridgehead atoms. The highest BCUT2D eigenvalue weighted by atomic mass is 16.5. The highest BCUT2D eigenvalue weighted by molar-refractivity contribution is 5.90. The standard InChI is InChI=1S/C15H22N2O3/c1-12-9-17(10-14(11-18)20-12)8-7-15(19)16-13-5-3-2-4-6-13/h2-6,12,14,18H,7-11H2,1H3,(H,16,19). The van der Waals surface area contributed by atoms with Gasteiger partial charge in [0.2, 0.25) is 5.91 Å². The Labute approximate surface area is 119 Å². The van der Waals surface area contributed by atoms with Crippen LogP contribution < -0.4 is 5.32 Å². The molecule has 2 rings (SSSR count). The molecule has 5 nitrogen and oxygen atoms in total. The van der Waals surface area contributed by atoms with Crippen LogP contribution in [0.5, 0.6) is 0 Å². The van der Waals surface area contributed by atoms with Gasteiger partial charge >= 0.3 is 0 Å². The maximum absolute atomic E-state index is 11.9. The SMILES string of the molecule is CC1CN(CCC(=O)Nc2ccccc2)CC(CO)O1. The Morgan fingerprint density at radius 3 is 2.85 bits per heavy atom. The number of carbonyl (C=O) groups excluding carboxylic acids is 1. The molecule has 1 aromatic rings. The molecule has 0 spiro atoms. The van der Waals surface area contributed by atoms with Crippen LogP contribution in [0.25, 0.3) is 0 Å². The Hall–Kier alpha value is -1.43. The number of rotatable bonds is 5. The van der Waals surface area contributed by atoms with E-state index in [2.05, 4.69) is 10.2 Å². The van der Waals surface area contributed by atoms with E-state index in [0.29, 0.717) is 19.5 Å². The summed E-state index contributed by atoms with van der Waals surface area (Å²) in [4.78, 5) is 14.0. The number of amides is 1. The van der Waals surface area contributed by atoms with Gasteiger partial charge in [0, 0.05) is 31.7 Å². The van der Waals surface area contributed by atoms with Crippen LogP contribution in [0.4, 0.5) is 5.69 Å². The highest BCUT2D eigenvalue weighted by Crippen LogP contribution is 2.11. The molecular formula is C15H22N2O3. The molecule has 0 aromatic heterocycles. The van der Waals surface area contributed by atoms with Crippen molar-refractivity contribution in [3.8, 4) is 0 Å². The van der Waals surface area contributed by atoms with Crippen molar-refractivity contribution in [1.82, 2.24) is 4.90 Å². The molecular weight excluding hydrogens is 256 g/mol. The third-order valence-electron chi connectivity index (χ3n) is 3.32. The van der Waals surface area contributed by atoms with Crippen LogP contribution in [0.2, 0.25) is 0 Å². The Balaban J connectivity index is 1.75. The predicted octanol–water partition coefficient (Wildman–Crippen LogP) is 1.10. The lowest BCUT2D eigenvalue weighted by Crippen LogP contribution is -2.48. The monoisotopic (exact) mass is 278 g/mol. The zero-order valence-electron chi connectivity index (χ0n) is 11.8. The highest BCUT2D eigenvalue weighted by Gasteiger charge is 2.24. The summed E-state index contributed by atoms with van der Waals surface area (Å²) in [6.45, 7) is 4.17. The molecule has 0 radical (unpaired) electrons. The van der Waals surface area contributed by atoms with E-state index >= 15 is 0 Å². The van der Waals surface area contributed by atoms with Crippen molar-refractivity contribution in [2.75, 3.05) is 31.6 Å². The summed E-state index contributed by atoms with van der Waals surface area (Å²) in [5.74, 6) is 0.0101. The largest absolute Gasteiger partial charge is 0.394 e. The average Bonchev–Trinajstić information content (AvgIpc) is 2.45. The van der Waals surface area contributed by atoms with Crippen molar-refractivity contribution in [1.29, 1.82) is 0 Å². The fraction of sp³-hybridized carbons (Fsp3) is 0.533. The summed E-state index contributed by atoms with van der Waals surface area (Å²) in [6.07, 6.45) is 0.397. The van der Waals surface area contributed by atoms with Crippen molar-refractivity contribution in [2.45, 2.75) is 25.6 Å². The first-order valence-electron chi connectivity index (χ1n) is 7.01. The minimum atomic E-state index is -0.143. The van der Waals surface area contributed by atoms with Gasteiger partial charge in [-0.25, -0.2) is 0 Å². The molecule has 5 heteroatoms. The zero-order valence-corrected chi connectivity index (χ0v) is 11.8. The number of hydrogen-bond acceptors (Lipinski definition) is 4. The Morgan fingerprint density at radius 1 is 1.40 bits per heavy atom. The fourth-order valence-electron chi connectivity index (χ4n) is 2.43. The molecule has 1 aliphatic heterocycles. The van der Waals surface area contributed by atoms with Crippen molar-refractivity contribution in [3.05, 3.63) is 30.3 Å². The molecule has 1 amide bonds. The van der Waals surface area contributed by atoms with Crippen LogP contribution in [-0.2, 0) is 9.53 Å². The summed E-state index contributed by atoms with van der Waals surface area (Å²) >= 11 is 0. The van der Waals surface area contributed by atoms with Crippen molar-refractivity contribution in [3.63, 3.8) is 0 Å². The number of aliphatic hydroxyl groups excluding tert-OH is 1. The second kappa shape index (κ2) is 7.38. The molecule has 0 saturated carbocycles. The molecule has 1 saturated heterocycles. The van der Waals surface area contributed by atoms with Gasteiger partial charge in [-0.2, -0.15) is 0 Å². The molecule has 1 fully saturated rings. The van der Waals surface area contributed by atoms with E-state index in [1.54, 1.807) is 0 Å². The molecule has 0 aliphatic carbocycles. The summed E-state index contributed by atoms with van der Waals surface area (Å²) < 4.78 is 5.58. The predicted molar refractivity (Wildman–Crippen MR) is 77.5 cm³/mol. The molecule has 1 aliphatic rings. The van der Waals surface area contributed by atoms with E-state index in [0.717, 1.165) is 12.2 Å². The Kier molecular flexibility index (Phi) is 5.52. The first-order chi connectivity index (χ1) is 9.67. The van der Waals surface area contributed by atoms with Gasteiger partial charge in [0.1, 0.15) is 0 Å². The minimum absolute atomic E-state index is 0.0101. The van der Waals surface area contributed by atoms with Gasteiger partial charge in [0.05, 0.1) is 18.8 Å². The van der Waals surface area contributed by atoms with Crippen LogP contribution >= 0.6 is 0 Å². The number of aliphatic hydroxyl groups is 1. The van der Waals surface area contributed by atoms with E-state index in [4.69, 9.17) is 9.84 Å². The zero-order chi connectivity index (χ0) is 14.4. The van der Waals surface area contributed by atoms with Gasteiger partial charge in [-0.05, 0) is 19.1 Å². The van der Waals surface area contributed by atoms with Crippen molar-refractivity contribution in [2.24, 2.45) is 0 Å². The summed E-state index contributed by atoms with van der Waals surface area (Å²) in [6, 6.07) is 9.45. The second-order valence-electron chi connectivity index (χ2n) is 5.18. The molecule has 2 N–H and O–H groups in total. The van der Waals surface area contributed by atoms with Gasteiger partial charge in [-0.3, -0.25) is 9.69 Å². The average molecular weight is 278 g/mol. The lowest BCUT2D eigenvalue weighted by Gasteiger charge is -2.35. The topological polar surface area (TPSA) is 61.8 Å². The molecule has 1 aromatic carbocycles. The second-order valence-corrected chi connectivity index (χ2v) is 5.18. The van der Waals surface area contributed by atoms with Gasteiger partial charge < -0.3 is 15.2 Å². The van der Waals surface area contributed by atoms with Crippen molar-refractivity contribution >= 4 is 11.6 Å². The van der Waals surface area contributed by atoms with E-state index in [9.17, 15) is 4.79 Å². The lowest BCUT2D eigenvalue weighted by atomic mass is 10.2. The third kappa shape index (κ3) is 4.59. The number of carbonyl (C=O) groups is 1. The number of hydrogen-bond donors (Lipinski definition) is 2. The van der Waals surface area contributed by atoms with Gasteiger partial charge in [-0.1, -0.05) is 18.2 Å². The quantitative estimate of drug-likeness (QED) is 0.846. The number of anilines is 1. The number of morpholine rings is 1. The molecule has 1 heterocycles. The first-order valence-corrected chi connectivity index (χ1v) is 7.01. The van der Waals surface area contributed by atoms with E-state index in [-0.39, 0.29) is 24.7 Å². The van der Waals surface area contributed by atoms with Crippen LogP contribution in [0, 0.1) is 0 Å². The fourth-order valence-corrected chi connectivity index (χ4v) is 2.43. The summed E-state index contributed by atoms with van der Waals surface area (Å²) in [7, 11) is 0. The number of benzene rings is 1. The van der Waals surface area contributed by atoms with Gasteiger partial charge in [0.15, 0.2) is 0 Å².